The van der Waals surface area contributed by atoms with Crippen LogP contribution in [0.5, 0.6) is 5.75 Å². The first-order valence-electron chi connectivity index (χ1n) is 9.14. The van der Waals surface area contributed by atoms with E-state index in [1.807, 2.05) is 12.1 Å². The minimum atomic E-state index is -0.00266. The van der Waals surface area contributed by atoms with Gasteiger partial charge in [-0.25, -0.2) is 0 Å². The lowest BCUT2D eigenvalue weighted by atomic mass is 9.98. The topological polar surface area (TPSA) is 81.6 Å². The molecule has 0 bridgehead atoms. The summed E-state index contributed by atoms with van der Waals surface area (Å²) in [6.45, 7) is 3.94. The van der Waals surface area contributed by atoms with Crippen molar-refractivity contribution in [1.82, 2.24) is 15.0 Å². The molecule has 0 saturated carbocycles. The van der Waals surface area contributed by atoms with Crippen LogP contribution in [0.2, 0.25) is 0 Å². The van der Waals surface area contributed by atoms with Gasteiger partial charge in [0.2, 0.25) is 11.7 Å². The van der Waals surface area contributed by atoms with Crippen molar-refractivity contribution in [1.29, 1.82) is 0 Å². The van der Waals surface area contributed by atoms with Crippen molar-refractivity contribution in [3.05, 3.63) is 54.1 Å². The summed E-state index contributed by atoms with van der Waals surface area (Å²) >= 11 is 0. The maximum absolute atomic E-state index is 12.6. The number of carbonyl (C=O) groups is 1. The van der Waals surface area contributed by atoms with Gasteiger partial charge in [-0.15, -0.1) is 0 Å². The SMILES string of the molecule is CCCCOc1ccc(C(=O)N2CC(c3nc(-c4ccco4)no3)C2)cc1. The summed E-state index contributed by atoms with van der Waals surface area (Å²) in [5.41, 5.74) is 0.651. The van der Waals surface area contributed by atoms with E-state index in [0.29, 0.717) is 42.7 Å². The molecule has 7 heteroatoms. The predicted molar refractivity (Wildman–Crippen MR) is 97.5 cm³/mol. The number of furan rings is 1. The molecule has 2 aromatic heterocycles. The molecule has 140 valence electrons. The van der Waals surface area contributed by atoms with E-state index in [1.165, 1.54) is 0 Å². The average molecular weight is 367 g/mol. The van der Waals surface area contributed by atoms with Crippen molar-refractivity contribution in [2.75, 3.05) is 19.7 Å². The molecule has 3 aromatic rings. The number of hydrogen-bond donors (Lipinski definition) is 0. The van der Waals surface area contributed by atoms with Crippen LogP contribution in [0, 0.1) is 0 Å². The van der Waals surface area contributed by atoms with Crippen molar-refractivity contribution in [2.45, 2.75) is 25.7 Å². The molecule has 4 rings (SSSR count). The Bertz CT molecular complexity index is 880. The molecule has 0 unspecified atom stereocenters. The third-order valence-electron chi connectivity index (χ3n) is 4.57. The summed E-state index contributed by atoms with van der Waals surface area (Å²) in [5, 5.41) is 3.93. The monoisotopic (exact) mass is 367 g/mol. The zero-order valence-electron chi connectivity index (χ0n) is 15.1. The normalized spacial score (nSPS) is 14.2. The van der Waals surface area contributed by atoms with Crippen LogP contribution < -0.4 is 4.74 Å². The molecule has 1 aromatic carbocycles. The predicted octanol–water partition coefficient (Wildman–Crippen LogP) is 3.75. The largest absolute Gasteiger partial charge is 0.494 e. The van der Waals surface area contributed by atoms with Gasteiger partial charge < -0.3 is 18.6 Å². The van der Waals surface area contributed by atoms with Gasteiger partial charge in [-0.2, -0.15) is 4.98 Å². The number of amides is 1. The first-order chi connectivity index (χ1) is 13.2. The van der Waals surface area contributed by atoms with E-state index in [9.17, 15) is 4.79 Å². The molecule has 3 heterocycles. The molecule has 1 saturated heterocycles. The second kappa shape index (κ2) is 7.65. The summed E-state index contributed by atoms with van der Waals surface area (Å²) in [6, 6.07) is 10.8. The van der Waals surface area contributed by atoms with Gasteiger partial charge in [0, 0.05) is 18.7 Å². The lowest BCUT2D eigenvalue weighted by Crippen LogP contribution is -2.48. The van der Waals surface area contributed by atoms with Crippen molar-refractivity contribution < 1.29 is 18.5 Å². The highest BCUT2D eigenvalue weighted by Gasteiger charge is 2.36. The molecule has 0 radical (unpaired) electrons. The summed E-state index contributed by atoms with van der Waals surface area (Å²) in [5.74, 6) is 2.37. The average Bonchev–Trinajstić information content (AvgIpc) is 3.33. The molecule has 1 fully saturated rings. The van der Waals surface area contributed by atoms with Crippen molar-refractivity contribution in [3.8, 4) is 17.3 Å². The number of benzene rings is 1. The Balaban J connectivity index is 1.32. The van der Waals surface area contributed by atoms with Crippen molar-refractivity contribution >= 4 is 5.91 Å². The summed E-state index contributed by atoms with van der Waals surface area (Å²) in [6.07, 6.45) is 3.68. The van der Waals surface area contributed by atoms with E-state index in [-0.39, 0.29) is 11.8 Å². The Kier molecular flexibility index (Phi) is 4.91. The number of nitrogens with zero attached hydrogens (tertiary/aromatic N) is 3. The summed E-state index contributed by atoms with van der Waals surface area (Å²) in [4.78, 5) is 18.7. The first kappa shape index (κ1) is 17.3. The van der Waals surface area contributed by atoms with E-state index in [2.05, 4.69) is 17.1 Å². The van der Waals surface area contributed by atoms with Crippen LogP contribution in [0.4, 0.5) is 0 Å². The van der Waals surface area contributed by atoms with Gasteiger partial charge in [-0.3, -0.25) is 4.79 Å². The lowest BCUT2D eigenvalue weighted by Gasteiger charge is -2.37. The number of likely N-dealkylation sites (tertiary alicyclic amines) is 1. The molecule has 1 aliphatic rings. The van der Waals surface area contributed by atoms with E-state index in [4.69, 9.17) is 13.7 Å². The highest BCUT2D eigenvalue weighted by molar-refractivity contribution is 5.95. The maximum Gasteiger partial charge on any atom is 0.253 e. The van der Waals surface area contributed by atoms with Crippen LogP contribution in [0.1, 0.15) is 41.9 Å². The van der Waals surface area contributed by atoms with E-state index in [1.54, 1.807) is 35.4 Å². The van der Waals surface area contributed by atoms with Crippen molar-refractivity contribution in [2.24, 2.45) is 0 Å². The molecule has 7 nitrogen and oxygen atoms in total. The van der Waals surface area contributed by atoms with Gasteiger partial charge in [0.1, 0.15) is 5.75 Å². The van der Waals surface area contributed by atoms with Gasteiger partial charge in [0.25, 0.3) is 5.91 Å². The standard InChI is InChI=1S/C20H21N3O4/c1-2-3-10-25-16-8-6-14(7-9-16)20(24)23-12-15(13-23)19-21-18(22-27-19)17-5-4-11-26-17/h4-9,11,15H,2-3,10,12-13H2,1H3. The number of hydrogen-bond acceptors (Lipinski definition) is 6. The number of ether oxygens (including phenoxy) is 1. The van der Waals surface area contributed by atoms with Crippen molar-refractivity contribution in [3.63, 3.8) is 0 Å². The maximum atomic E-state index is 12.6. The number of rotatable bonds is 7. The Labute approximate surface area is 156 Å². The fourth-order valence-corrected chi connectivity index (χ4v) is 2.92. The minimum absolute atomic E-state index is 0.00266. The Morgan fingerprint density at radius 1 is 1.26 bits per heavy atom. The van der Waals surface area contributed by atoms with Gasteiger partial charge >= 0.3 is 0 Å². The molecule has 1 aliphatic heterocycles. The lowest BCUT2D eigenvalue weighted by molar-refractivity contribution is 0.0569. The van der Waals surface area contributed by atoms with E-state index in [0.717, 1.165) is 18.6 Å². The number of unbranched alkanes of at least 4 members (excludes halogenated alkanes) is 1. The molecule has 0 spiro atoms. The Morgan fingerprint density at radius 2 is 2.07 bits per heavy atom. The summed E-state index contributed by atoms with van der Waals surface area (Å²) < 4.78 is 16.2. The fourth-order valence-electron chi connectivity index (χ4n) is 2.92. The third kappa shape index (κ3) is 3.72. The second-order valence-electron chi connectivity index (χ2n) is 6.57. The fraction of sp³-hybridized carbons (Fsp3) is 0.350. The van der Waals surface area contributed by atoms with Crippen LogP contribution in [-0.2, 0) is 0 Å². The molecule has 27 heavy (non-hydrogen) atoms. The van der Waals surface area contributed by atoms with Crippen LogP contribution >= 0.6 is 0 Å². The number of aromatic nitrogens is 2. The van der Waals surface area contributed by atoms with Crippen LogP contribution in [0.25, 0.3) is 11.6 Å². The highest BCUT2D eigenvalue weighted by atomic mass is 16.5. The van der Waals surface area contributed by atoms with Crippen LogP contribution in [-0.4, -0.2) is 40.6 Å². The smallest absolute Gasteiger partial charge is 0.253 e. The zero-order chi connectivity index (χ0) is 18.6. The summed E-state index contributed by atoms with van der Waals surface area (Å²) in [7, 11) is 0. The molecule has 1 amide bonds. The Hall–Kier alpha value is -3.09. The third-order valence-corrected chi connectivity index (χ3v) is 4.57. The molecule has 0 aliphatic carbocycles. The van der Waals surface area contributed by atoms with E-state index < -0.39 is 0 Å². The van der Waals surface area contributed by atoms with Gasteiger partial charge in [-0.1, -0.05) is 18.5 Å². The first-order valence-corrected chi connectivity index (χ1v) is 9.14. The molecule has 0 atom stereocenters. The molecule has 0 N–H and O–H groups in total. The number of carbonyl (C=O) groups excluding carboxylic acids is 1. The molecular weight excluding hydrogens is 346 g/mol. The second-order valence-corrected chi connectivity index (χ2v) is 6.57. The quantitative estimate of drug-likeness (QED) is 0.592. The zero-order valence-corrected chi connectivity index (χ0v) is 15.1. The van der Waals surface area contributed by atoms with E-state index >= 15 is 0 Å². The van der Waals surface area contributed by atoms with Crippen LogP contribution in [0.3, 0.4) is 0 Å². The minimum Gasteiger partial charge on any atom is -0.494 e. The Morgan fingerprint density at radius 3 is 2.78 bits per heavy atom. The van der Waals surface area contributed by atoms with Gasteiger partial charge in [0.15, 0.2) is 5.76 Å². The molecular formula is C20H21N3O4. The van der Waals surface area contributed by atoms with Gasteiger partial charge in [0.05, 0.1) is 18.8 Å². The van der Waals surface area contributed by atoms with Crippen LogP contribution in [0.15, 0.2) is 51.6 Å². The highest BCUT2D eigenvalue weighted by Crippen LogP contribution is 2.29. The van der Waals surface area contributed by atoms with Gasteiger partial charge in [-0.05, 0) is 42.8 Å².